The zero-order valence-electron chi connectivity index (χ0n) is 14.6. The second kappa shape index (κ2) is 6.48. The number of anilines is 1. The van der Waals surface area contributed by atoms with Gasteiger partial charge in [0.2, 0.25) is 5.89 Å². The summed E-state index contributed by atoms with van der Waals surface area (Å²) in [5, 5.41) is 2.93. The van der Waals surface area contributed by atoms with E-state index in [0.29, 0.717) is 11.5 Å². The van der Waals surface area contributed by atoms with Crippen LogP contribution in [-0.4, -0.2) is 10.9 Å². The SMILES string of the molecule is Cc1ccc(C(=O)Nc2ccc(-c3nc4ccccc4o3)cc2)c(C)c1. The normalized spacial score (nSPS) is 10.8. The Kier molecular flexibility index (Phi) is 4.01. The molecule has 0 aliphatic heterocycles. The number of nitrogens with zero attached hydrogens (tertiary/aromatic N) is 1. The quantitative estimate of drug-likeness (QED) is 0.545. The zero-order valence-corrected chi connectivity index (χ0v) is 14.6. The molecular weight excluding hydrogens is 324 g/mol. The molecule has 1 heterocycles. The van der Waals surface area contributed by atoms with E-state index in [0.717, 1.165) is 33.5 Å². The van der Waals surface area contributed by atoms with E-state index in [1.165, 1.54) is 0 Å². The molecule has 1 N–H and O–H groups in total. The van der Waals surface area contributed by atoms with Crippen molar-refractivity contribution in [3.8, 4) is 11.5 Å². The van der Waals surface area contributed by atoms with Gasteiger partial charge in [0, 0.05) is 16.8 Å². The molecule has 0 atom stereocenters. The average Bonchev–Trinajstić information content (AvgIpc) is 3.06. The Morgan fingerprint density at radius 1 is 0.962 bits per heavy atom. The summed E-state index contributed by atoms with van der Waals surface area (Å²) in [4.78, 5) is 17.0. The Morgan fingerprint density at radius 3 is 2.46 bits per heavy atom. The number of benzene rings is 3. The van der Waals surface area contributed by atoms with Gasteiger partial charge in [0.15, 0.2) is 5.58 Å². The summed E-state index contributed by atoms with van der Waals surface area (Å²) >= 11 is 0. The highest BCUT2D eigenvalue weighted by Gasteiger charge is 2.11. The lowest BCUT2D eigenvalue weighted by Crippen LogP contribution is -2.13. The first kappa shape index (κ1) is 16.1. The zero-order chi connectivity index (χ0) is 18.1. The molecule has 0 bridgehead atoms. The molecule has 0 unspecified atom stereocenters. The van der Waals surface area contributed by atoms with Gasteiger partial charge in [-0.3, -0.25) is 4.79 Å². The number of rotatable bonds is 3. The highest BCUT2D eigenvalue weighted by molar-refractivity contribution is 6.05. The maximum Gasteiger partial charge on any atom is 0.255 e. The molecule has 128 valence electrons. The summed E-state index contributed by atoms with van der Waals surface area (Å²) in [5.41, 5.74) is 5.97. The Morgan fingerprint density at radius 2 is 1.73 bits per heavy atom. The van der Waals surface area contributed by atoms with Crippen molar-refractivity contribution in [1.29, 1.82) is 0 Å². The molecule has 0 radical (unpaired) electrons. The minimum Gasteiger partial charge on any atom is -0.436 e. The molecule has 1 amide bonds. The predicted octanol–water partition coefficient (Wildman–Crippen LogP) is 5.36. The van der Waals surface area contributed by atoms with E-state index in [9.17, 15) is 4.79 Å². The molecule has 4 rings (SSSR count). The summed E-state index contributed by atoms with van der Waals surface area (Å²) < 4.78 is 5.77. The number of fused-ring (bicyclic) bond motifs is 1. The minimum absolute atomic E-state index is 0.114. The fourth-order valence-electron chi connectivity index (χ4n) is 2.96. The Balaban J connectivity index is 1.55. The molecule has 4 heteroatoms. The number of nitrogens with one attached hydrogen (secondary N) is 1. The first-order valence-electron chi connectivity index (χ1n) is 8.45. The molecule has 1 aromatic heterocycles. The van der Waals surface area contributed by atoms with Crippen LogP contribution in [0, 0.1) is 13.8 Å². The third-order valence-corrected chi connectivity index (χ3v) is 4.31. The topological polar surface area (TPSA) is 55.1 Å². The lowest BCUT2D eigenvalue weighted by atomic mass is 10.1. The van der Waals surface area contributed by atoms with Gasteiger partial charge in [0.1, 0.15) is 5.52 Å². The van der Waals surface area contributed by atoms with Gasteiger partial charge in [-0.05, 0) is 61.9 Å². The number of aryl methyl sites for hydroxylation is 2. The van der Waals surface area contributed by atoms with Crippen molar-refractivity contribution in [3.05, 3.63) is 83.4 Å². The van der Waals surface area contributed by atoms with Gasteiger partial charge < -0.3 is 9.73 Å². The fourth-order valence-corrected chi connectivity index (χ4v) is 2.96. The molecule has 4 nitrogen and oxygen atoms in total. The number of carbonyl (C=O) groups excluding carboxylic acids is 1. The van der Waals surface area contributed by atoms with Gasteiger partial charge in [0.25, 0.3) is 5.91 Å². The van der Waals surface area contributed by atoms with Crippen LogP contribution in [0.4, 0.5) is 5.69 Å². The first-order chi connectivity index (χ1) is 12.6. The molecule has 0 aliphatic carbocycles. The monoisotopic (exact) mass is 342 g/mol. The molecular formula is C22H18N2O2. The predicted molar refractivity (Wildman–Crippen MR) is 103 cm³/mol. The molecule has 26 heavy (non-hydrogen) atoms. The summed E-state index contributed by atoms with van der Waals surface area (Å²) in [6.45, 7) is 3.96. The van der Waals surface area contributed by atoms with Crippen LogP contribution in [0.25, 0.3) is 22.6 Å². The summed E-state index contributed by atoms with van der Waals surface area (Å²) in [7, 11) is 0. The van der Waals surface area contributed by atoms with E-state index in [2.05, 4.69) is 10.3 Å². The number of aromatic nitrogens is 1. The lowest BCUT2D eigenvalue weighted by molar-refractivity contribution is 0.102. The Hall–Kier alpha value is -3.40. The molecule has 0 saturated heterocycles. The van der Waals surface area contributed by atoms with E-state index in [1.807, 2.05) is 80.6 Å². The lowest BCUT2D eigenvalue weighted by Gasteiger charge is -2.08. The minimum atomic E-state index is -0.114. The third kappa shape index (κ3) is 3.09. The van der Waals surface area contributed by atoms with Crippen LogP contribution >= 0.6 is 0 Å². The standard InChI is InChI=1S/C22H18N2O2/c1-14-7-12-18(15(2)13-14)21(25)23-17-10-8-16(9-11-17)22-24-19-5-3-4-6-20(19)26-22/h3-13H,1-2H3,(H,23,25). The van der Waals surface area contributed by atoms with Crippen molar-refractivity contribution >= 4 is 22.7 Å². The van der Waals surface area contributed by atoms with Crippen molar-refractivity contribution in [3.63, 3.8) is 0 Å². The van der Waals surface area contributed by atoms with Gasteiger partial charge in [-0.25, -0.2) is 4.98 Å². The van der Waals surface area contributed by atoms with Gasteiger partial charge in [-0.15, -0.1) is 0 Å². The van der Waals surface area contributed by atoms with Gasteiger partial charge in [-0.2, -0.15) is 0 Å². The maximum atomic E-state index is 12.5. The summed E-state index contributed by atoms with van der Waals surface area (Å²) in [5.74, 6) is 0.454. The number of amides is 1. The van der Waals surface area contributed by atoms with E-state index in [-0.39, 0.29) is 5.91 Å². The molecule has 4 aromatic rings. The van der Waals surface area contributed by atoms with Crippen molar-refractivity contribution < 1.29 is 9.21 Å². The highest BCUT2D eigenvalue weighted by atomic mass is 16.3. The van der Waals surface area contributed by atoms with Crippen LogP contribution in [0.3, 0.4) is 0 Å². The van der Waals surface area contributed by atoms with Crippen molar-refractivity contribution in [1.82, 2.24) is 4.98 Å². The molecule has 3 aromatic carbocycles. The van der Waals surface area contributed by atoms with E-state index in [1.54, 1.807) is 0 Å². The highest BCUT2D eigenvalue weighted by Crippen LogP contribution is 2.25. The molecule has 0 saturated carbocycles. The van der Waals surface area contributed by atoms with Crippen LogP contribution in [0.5, 0.6) is 0 Å². The van der Waals surface area contributed by atoms with Crippen molar-refractivity contribution in [2.45, 2.75) is 13.8 Å². The van der Waals surface area contributed by atoms with E-state index < -0.39 is 0 Å². The number of carbonyl (C=O) groups is 1. The van der Waals surface area contributed by atoms with Gasteiger partial charge in [-0.1, -0.05) is 29.8 Å². The summed E-state index contributed by atoms with van der Waals surface area (Å²) in [6, 6.07) is 21.0. The third-order valence-electron chi connectivity index (χ3n) is 4.31. The van der Waals surface area contributed by atoms with Crippen LogP contribution in [0.2, 0.25) is 0 Å². The average molecular weight is 342 g/mol. The molecule has 0 fully saturated rings. The van der Waals surface area contributed by atoms with Gasteiger partial charge in [0.05, 0.1) is 0 Å². The molecule has 0 spiro atoms. The number of oxazole rings is 1. The summed E-state index contributed by atoms with van der Waals surface area (Å²) in [6.07, 6.45) is 0. The number of para-hydroxylation sites is 2. The van der Waals surface area contributed by atoms with E-state index >= 15 is 0 Å². The molecule has 0 aliphatic rings. The van der Waals surface area contributed by atoms with Crippen LogP contribution in [0.15, 0.2) is 71.1 Å². The fraction of sp³-hybridized carbons (Fsp3) is 0.0909. The van der Waals surface area contributed by atoms with Crippen LogP contribution in [-0.2, 0) is 0 Å². The smallest absolute Gasteiger partial charge is 0.255 e. The van der Waals surface area contributed by atoms with Crippen molar-refractivity contribution in [2.75, 3.05) is 5.32 Å². The van der Waals surface area contributed by atoms with Gasteiger partial charge >= 0.3 is 0 Å². The number of hydrogen-bond acceptors (Lipinski definition) is 3. The first-order valence-corrected chi connectivity index (χ1v) is 8.45. The second-order valence-corrected chi connectivity index (χ2v) is 6.34. The Bertz CT molecular complexity index is 1060. The van der Waals surface area contributed by atoms with Crippen molar-refractivity contribution in [2.24, 2.45) is 0 Å². The van der Waals surface area contributed by atoms with Crippen LogP contribution < -0.4 is 5.32 Å². The van der Waals surface area contributed by atoms with Crippen LogP contribution in [0.1, 0.15) is 21.5 Å². The maximum absolute atomic E-state index is 12.5. The second-order valence-electron chi connectivity index (χ2n) is 6.34. The Labute approximate surface area is 151 Å². The van der Waals surface area contributed by atoms with E-state index in [4.69, 9.17) is 4.42 Å². The largest absolute Gasteiger partial charge is 0.436 e. The number of hydrogen-bond donors (Lipinski definition) is 1.